The van der Waals surface area contributed by atoms with E-state index in [0.29, 0.717) is 6.04 Å². The van der Waals surface area contributed by atoms with Crippen LogP contribution in [0.25, 0.3) is 0 Å². The second kappa shape index (κ2) is 6.54. The van der Waals surface area contributed by atoms with Gasteiger partial charge in [-0.3, -0.25) is 0 Å². The standard InChI is InChI=1S/C13H23N5/c1-3-4-6-15-12-8-13(17-10-16-12)18-7-5-11(9-18)14-2/h8,10-11,14H,3-7,9H2,1-2H3,(H,15,16,17). The number of nitrogens with one attached hydrogen (secondary N) is 2. The predicted molar refractivity (Wildman–Crippen MR) is 75.1 cm³/mol. The fourth-order valence-corrected chi connectivity index (χ4v) is 2.21. The van der Waals surface area contributed by atoms with Crippen molar-refractivity contribution < 1.29 is 0 Å². The summed E-state index contributed by atoms with van der Waals surface area (Å²) in [7, 11) is 2.02. The molecule has 1 atom stereocenters. The van der Waals surface area contributed by atoms with Gasteiger partial charge in [0.1, 0.15) is 18.0 Å². The molecule has 2 N–H and O–H groups in total. The van der Waals surface area contributed by atoms with Gasteiger partial charge in [-0.05, 0) is 19.9 Å². The van der Waals surface area contributed by atoms with Crippen molar-refractivity contribution in [2.45, 2.75) is 32.2 Å². The molecule has 1 aromatic rings. The van der Waals surface area contributed by atoms with Crippen molar-refractivity contribution in [3.63, 3.8) is 0 Å². The third-order valence-electron chi connectivity index (χ3n) is 3.41. The number of anilines is 2. The molecule has 0 aromatic carbocycles. The molecule has 0 aliphatic carbocycles. The molecule has 1 aromatic heterocycles. The average Bonchev–Trinajstić information content (AvgIpc) is 2.88. The zero-order chi connectivity index (χ0) is 12.8. The van der Waals surface area contributed by atoms with E-state index in [0.717, 1.165) is 31.3 Å². The summed E-state index contributed by atoms with van der Waals surface area (Å²) in [5, 5.41) is 6.66. The monoisotopic (exact) mass is 249 g/mol. The second-order valence-corrected chi connectivity index (χ2v) is 4.76. The molecular weight excluding hydrogens is 226 g/mol. The van der Waals surface area contributed by atoms with Crippen molar-refractivity contribution in [3.05, 3.63) is 12.4 Å². The fourth-order valence-electron chi connectivity index (χ4n) is 2.21. The van der Waals surface area contributed by atoms with Crippen LogP contribution in [0.2, 0.25) is 0 Å². The number of rotatable bonds is 6. The second-order valence-electron chi connectivity index (χ2n) is 4.76. The Labute approximate surface area is 109 Å². The summed E-state index contributed by atoms with van der Waals surface area (Å²) in [4.78, 5) is 10.9. The number of likely N-dealkylation sites (N-methyl/N-ethyl adjacent to an activating group) is 1. The van der Waals surface area contributed by atoms with Gasteiger partial charge in [-0.25, -0.2) is 9.97 Å². The Kier molecular flexibility index (Phi) is 4.75. The Morgan fingerprint density at radius 1 is 1.44 bits per heavy atom. The number of nitrogens with zero attached hydrogens (tertiary/aromatic N) is 3. The molecule has 0 spiro atoms. The molecule has 0 saturated carbocycles. The maximum absolute atomic E-state index is 4.37. The first kappa shape index (κ1) is 13.1. The van der Waals surface area contributed by atoms with Crippen LogP contribution < -0.4 is 15.5 Å². The predicted octanol–water partition coefficient (Wildman–Crippen LogP) is 1.49. The van der Waals surface area contributed by atoms with Crippen LogP contribution in [0.4, 0.5) is 11.6 Å². The highest BCUT2D eigenvalue weighted by Gasteiger charge is 2.22. The Bertz CT molecular complexity index is 368. The van der Waals surface area contributed by atoms with Crippen molar-refractivity contribution in [3.8, 4) is 0 Å². The van der Waals surface area contributed by atoms with Gasteiger partial charge in [-0.15, -0.1) is 0 Å². The topological polar surface area (TPSA) is 53.1 Å². The Hall–Kier alpha value is -1.36. The van der Waals surface area contributed by atoms with Crippen molar-refractivity contribution in [1.82, 2.24) is 15.3 Å². The molecule has 100 valence electrons. The van der Waals surface area contributed by atoms with E-state index in [2.05, 4.69) is 32.4 Å². The molecule has 0 amide bonds. The molecule has 18 heavy (non-hydrogen) atoms. The van der Waals surface area contributed by atoms with Crippen molar-refractivity contribution >= 4 is 11.6 Å². The first-order chi connectivity index (χ1) is 8.83. The summed E-state index contributed by atoms with van der Waals surface area (Å²) in [6, 6.07) is 2.63. The van der Waals surface area contributed by atoms with Crippen molar-refractivity contribution in [2.24, 2.45) is 0 Å². The van der Waals surface area contributed by atoms with E-state index >= 15 is 0 Å². The number of unbranched alkanes of at least 4 members (excludes halogenated alkanes) is 1. The van der Waals surface area contributed by atoms with E-state index in [1.54, 1.807) is 6.33 Å². The zero-order valence-corrected chi connectivity index (χ0v) is 11.3. The molecule has 1 aliphatic heterocycles. The van der Waals surface area contributed by atoms with Gasteiger partial charge < -0.3 is 15.5 Å². The molecule has 2 rings (SSSR count). The van der Waals surface area contributed by atoms with E-state index in [1.807, 2.05) is 13.1 Å². The van der Waals surface area contributed by atoms with Crippen LogP contribution in [0.15, 0.2) is 12.4 Å². The highest BCUT2D eigenvalue weighted by molar-refractivity contribution is 5.49. The lowest BCUT2D eigenvalue weighted by Crippen LogP contribution is -2.29. The van der Waals surface area contributed by atoms with E-state index < -0.39 is 0 Å². The minimum Gasteiger partial charge on any atom is -0.370 e. The highest BCUT2D eigenvalue weighted by atomic mass is 15.2. The Morgan fingerprint density at radius 2 is 2.33 bits per heavy atom. The Morgan fingerprint density at radius 3 is 3.06 bits per heavy atom. The summed E-state index contributed by atoms with van der Waals surface area (Å²) < 4.78 is 0. The smallest absolute Gasteiger partial charge is 0.134 e. The minimum absolute atomic E-state index is 0.580. The van der Waals surface area contributed by atoms with Crippen LogP contribution in [0, 0.1) is 0 Å². The molecule has 1 unspecified atom stereocenters. The van der Waals surface area contributed by atoms with E-state index in [4.69, 9.17) is 0 Å². The normalized spacial score (nSPS) is 19.2. The van der Waals surface area contributed by atoms with Gasteiger partial charge in [0.25, 0.3) is 0 Å². The van der Waals surface area contributed by atoms with Gasteiger partial charge in [-0.1, -0.05) is 13.3 Å². The van der Waals surface area contributed by atoms with Crippen LogP contribution in [0.1, 0.15) is 26.2 Å². The minimum atomic E-state index is 0.580. The molecule has 1 saturated heterocycles. The molecule has 5 nitrogen and oxygen atoms in total. The lowest BCUT2D eigenvalue weighted by molar-refractivity contribution is 0.616. The van der Waals surface area contributed by atoms with Crippen molar-refractivity contribution in [2.75, 3.05) is 36.9 Å². The van der Waals surface area contributed by atoms with Crippen molar-refractivity contribution in [1.29, 1.82) is 0 Å². The maximum atomic E-state index is 4.37. The van der Waals surface area contributed by atoms with Gasteiger partial charge in [0.2, 0.25) is 0 Å². The third kappa shape index (κ3) is 3.32. The summed E-state index contributed by atoms with van der Waals surface area (Å²) in [5.74, 6) is 1.96. The molecule has 1 aliphatic rings. The largest absolute Gasteiger partial charge is 0.370 e. The first-order valence-corrected chi connectivity index (χ1v) is 6.81. The number of aromatic nitrogens is 2. The van der Waals surface area contributed by atoms with Crippen LogP contribution in [0.5, 0.6) is 0 Å². The van der Waals surface area contributed by atoms with Gasteiger partial charge in [-0.2, -0.15) is 0 Å². The summed E-state index contributed by atoms with van der Waals surface area (Å²) in [5.41, 5.74) is 0. The molecular formula is C13H23N5. The molecule has 0 radical (unpaired) electrons. The van der Waals surface area contributed by atoms with Gasteiger partial charge in [0.05, 0.1) is 0 Å². The first-order valence-electron chi connectivity index (χ1n) is 6.81. The summed E-state index contributed by atoms with van der Waals surface area (Å²) >= 11 is 0. The van der Waals surface area contributed by atoms with Crippen LogP contribution in [-0.2, 0) is 0 Å². The fraction of sp³-hybridized carbons (Fsp3) is 0.692. The quantitative estimate of drug-likeness (QED) is 0.748. The summed E-state index contributed by atoms with van der Waals surface area (Å²) in [6.45, 7) is 5.26. The third-order valence-corrected chi connectivity index (χ3v) is 3.41. The van der Waals surface area contributed by atoms with Gasteiger partial charge in [0.15, 0.2) is 0 Å². The Balaban J connectivity index is 1.94. The number of hydrogen-bond donors (Lipinski definition) is 2. The maximum Gasteiger partial charge on any atom is 0.134 e. The van der Waals surface area contributed by atoms with Crippen LogP contribution >= 0.6 is 0 Å². The highest BCUT2D eigenvalue weighted by Crippen LogP contribution is 2.19. The lowest BCUT2D eigenvalue weighted by atomic mass is 10.3. The van der Waals surface area contributed by atoms with Crippen LogP contribution in [0.3, 0.4) is 0 Å². The van der Waals surface area contributed by atoms with E-state index in [-0.39, 0.29) is 0 Å². The van der Waals surface area contributed by atoms with Gasteiger partial charge in [0, 0.05) is 31.7 Å². The van der Waals surface area contributed by atoms with Gasteiger partial charge >= 0.3 is 0 Å². The zero-order valence-electron chi connectivity index (χ0n) is 11.3. The van der Waals surface area contributed by atoms with E-state index in [1.165, 1.54) is 19.3 Å². The SMILES string of the molecule is CCCCNc1cc(N2CCC(NC)C2)ncn1. The molecule has 2 heterocycles. The van der Waals surface area contributed by atoms with Crippen LogP contribution in [-0.4, -0.2) is 42.7 Å². The number of hydrogen-bond acceptors (Lipinski definition) is 5. The molecule has 0 bridgehead atoms. The molecule has 5 heteroatoms. The average molecular weight is 249 g/mol. The lowest BCUT2D eigenvalue weighted by Gasteiger charge is -2.17. The van der Waals surface area contributed by atoms with E-state index in [9.17, 15) is 0 Å². The summed E-state index contributed by atoms with van der Waals surface area (Å²) in [6.07, 6.45) is 5.20. The molecule has 1 fully saturated rings.